The van der Waals surface area contributed by atoms with Crippen LogP contribution in [0.1, 0.15) is 18.9 Å². The molecule has 138 valence electrons. The van der Waals surface area contributed by atoms with Crippen molar-refractivity contribution in [3.63, 3.8) is 0 Å². The second-order valence-corrected chi connectivity index (χ2v) is 7.18. The minimum Gasteiger partial charge on any atom is -0.286 e. The fourth-order valence-electron chi connectivity index (χ4n) is 2.54. The monoisotopic (exact) mass is 401 g/mol. The molecule has 1 fully saturated rings. The highest BCUT2D eigenvalue weighted by Crippen LogP contribution is 2.35. The van der Waals surface area contributed by atoms with Crippen molar-refractivity contribution >= 4 is 51.9 Å². The summed E-state index contributed by atoms with van der Waals surface area (Å²) in [6.07, 6.45) is 2.42. The van der Waals surface area contributed by atoms with Gasteiger partial charge >= 0.3 is 0 Å². The first kappa shape index (κ1) is 19.1. The van der Waals surface area contributed by atoms with Crippen LogP contribution >= 0.6 is 23.4 Å². The number of nitro groups is 1. The first-order chi connectivity index (χ1) is 13.0. The highest BCUT2D eigenvalue weighted by molar-refractivity contribution is 8.18. The van der Waals surface area contributed by atoms with Crippen LogP contribution < -0.4 is 0 Å². The molecule has 2 aromatic carbocycles. The topological polar surface area (TPSA) is 75.8 Å². The first-order valence-corrected chi connectivity index (χ1v) is 9.48. The lowest BCUT2D eigenvalue weighted by atomic mass is 10.2. The van der Waals surface area contributed by atoms with Gasteiger partial charge < -0.3 is 0 Å². The van der Waals surface area contributed by atoms with Gasteiger partial charge in [0.05, 0.1) is 15.5 Å². The third-order valence-corrected chi connectivity index (χ3v) is 5.11. The lowest BCUT2D eigenvalue weighted by Gasteiger charge is -2.13. The SMILES string of the molecule is CCCN1C(=O)/C(=C\c2ccc(Cl)c([N+](=O)[O-])c2)SC1=Nc1ccccc1. The molecule has 3 rings (SSSR count). The Morgan fingerprint density at radius 1 is 1.26 bits per heavy atom. The van der Waals surface area contributed by atoms with E-state index in [4.69, 9.17) is 11.6 Å². The Balaban J connectivity index is 1.96. The summed E-state index contributed by atoms with van der Waals surface area (Å²) in [7, 11) is 0. The summed E-state index contributed by atoms with van der Waals surface area (Å²) in [4.78, 5) is 30.0. The molecular formula is C19H16ClN3O3S. The number of hydrogen-bond acceptors (Lipinski definition) is 5. The number of halogens is 1. The van der Waals surface area contributed by atoms with E-state index >= 15 is 0 Å². The van der Waals surface area contributed by atoms with E-state index in [2.05, 4.69) is 4.99 Å². The quantitative estimate of drug-likeness (QED) is 0.389. The fraction of sp³-hybridized carbons (Fsp3) is 0.158. The van der Waals surface area contributed by atoms with Crippen LogP contribution in [0.3, 0.4) is 0 Å². The molecule has 0 aromatic heterocycles. The van der Waals surface area contributed by atoms with Gasteiger partial charge in [-0.05, 0) is 48.0 Å². The summed E-state index contributed by atoms with van der Waals surface area (Å²) in [6.45, 7) is 2.54. The lowest BCUT2D eigenvalue weighted by molar-refractivity contribution is -0.384. The number of carbonyl (C=O) groups is 1. The van der Waals surface area contributed by atoms with Gasteiger partial charge in [0.1, 0.15) is 5.02 Å². The van der Waals surface area contributed by atoms with E-state index in [9.17, 15) is 14.9 Å². The molecular weight excluding hydrogens is 386 g/mol. The van der Waals surface area contributed by atoms with Crippen molar-refractivity contribution < 1.29 is 9.72 Å². The van der Waals surface area contributed by atoms with E-state index in [1.807, 2.05) is 37.3 Å². The van der Waals surface area contributed by atoms with Crippen LogP contribution in [0.2, 0.25) is 5.02 Å². The number of carbonyl (C=O) groups excluding carboxylic acids is 1. The lowest BCUT2D eigenvalue weighted by Crippen LogP contribution is -2.29. The van der Waals surface area contributed by atoms with Gasteiger partial charge in [0.25, 0.3) is 11.6 Å². The molecule has 1 aliphatic rings. The number of nitrogens with zero attached hydrogens (tertiary/aromatic N) is 3. The minimum atomic E-state index is -0.542. The van der Waals surface area contributed by atoms with E-state index in [-0.39, 0.29) is 16.6 Å². The first-order valence-electron chi connectivity index (χ1n) is 8.28. The second-order valence-electron chi connectivity index (χ2n) is 5.77. The van der Waals surface area contributed by atoms with E-state index in [1.54, 1.807) is 17.0 Å². The van der Waals surface area contributed by atoms with Crippen molar-refractivity contribution in [1.82, 2.24) is 4.90 Å². The predicted molar refractivity (Wildman–Crippen MR) is 109 cm³/mol. The third-order valence-electron chi connectivity index (χ3n) is 3.78. The van der Waals surface area contributed by atoms with Gasteiger partial charge in [-0.1, -0.05) is 42.8 Å². The molecule has 1 aliphatic heterocycles. The smallest absolute Gasteiger partial charge is 0.286 e. The Morgan fingerprint density at radius 3 is 2.67 bits per heavy atom. The van der Waals surface area contributed by atoms with Crippen LogP contribution in [0.4, 0.5) is 11.4 Å². The summed E-state index contributed by atoms with van der Waals surface area (Å²) in [5.74, 6) is -0.158. The number of amidine groups is 1. The maximum Gasteiger partial charge on any atom is 0.288 e. The molecule has 6 nitrogen and oxygen atoms in total. The van der Waals surface area contributed by atoms with Crippen LogP contribution in [0, 0.1) is 10.1 Å². The van der Waals surface area contributed by atoms with Crippen molar-refractivity contribution in [3.05, 3.63) is 74.1 Å². The Labute approximate surface area is 165 Å². The molecule has 0 spiro atoms. The van der Waals surface area contributed by atoms with Crippen molar-refractivity contribution in [3.8, 4) is 0 Å². The summed E-state index contributed by atoms with van der Waals surface area (Å²) in [6, 6.07) is 13.9. The summed E-state index contributed by atoms with van der Waals surface area (Å²) >= 11 is 7.11. The molecule has 0 unspecified atom stereocenters. The molecule has 0 bridgehead atoms. The zero-order valence-corrected chi connectivity index (χ0v) is 16.0. The predicted octanol–water partition coefficient (Wildman–Crippen LogP) is 5.26. The number of para-hydroxylation sites is 1. The van der Waals surface area contributed by atoms with E-state index < -0.39 is 4.92 Å². The second kappa shape index (κ2) is 8.37. The maximum atomic E-state index is 12.8. The summed E-state index contributed by atoms with van der Waals surface area (Å²) < 4.78 is 0. The molecule has 8 heteroatoms. The van der Waals surface area contributed by atoms with Gasteiger partial charge in [-0.3, -0.25) is 19.8 Å². The Kier molecular flexibility index (Phi) is 5.93. The zero-order valence-electron chi connectivity index (χ0n) is 14.5. The maximum absolute atomic E-state index is 12.8. The molecule has 0 N–H and O–H groups in total. The molecule has 0 saturated carbocycles. The Bertz CT molecular complexity index is 944. The molecule has 27 heavy (non-hydrogen) atoms. The van der Waals surface area contributed by atoms with Crippen molar-refractivity contribution in [2.24, 2.45) is 4.99 Å². The van der Waals surface area contributed by atoms with Crippen LogP contribution in [0.25, 0.3) is 6.08 Å². The molecule has 0 radical (unpaired) electrons. The number of hydrogen-bond donors (Lipinski definition) is 0. The zero-order chi connectivity index (χ0) is 19.4. The van der Waals surface area contributed by atoms with E-state index in [0.29, 0.717) is 22.2 Å². The van der Waals surface area contributed by atoms with E-state index in [1.165, 1.54) is 23.9 Å². The molecule has 0 aliphatic carbocycles. The standard InChI is InChI=1S/C19H16ClN3O3S/c1-2-10-22-18(24)17(27-19(22)21-14-6-4-3-5-7-14)12-13-8-9-15(20)16(11-13)23(25)26/h3-9,11-12H,2,10H2,1H3/b17-12+,21-19?. The fourth-order valence-corrected chi connectivity index (χ4v) is 3.75. The van der Waals surface area contributed by atoms with Crippen LogP contribution in [-0.4, -0.2) is 27.4 Å². The highest BCUT2D eigenvalue weighted by atomic mass is 35.5. The van der Waals surface area contributed by atoms with Crippen molar-refractivity contribution in [2.45, 2.75) is 13.3 Å². The number of aliphatic imine (C=N–C) groups is 1. The van der Waals surface area contributed by atoms with Gasteiger partial charge in [-0.15, -0.1) is 0 Å². The normalized spacial score (nSPS) is 17.1. The average molecular weight is 402 g/mol. The van der Waals surface area contributed by atoms with Crippen LogP contribution in [0.5, 0.6) is 0 Å². The van der Waals surface area contributed by atoms with Crippen LogP contribution in [-0.2, 0) is 4.79 Å². The van der Waals surface area contributed by atoms with Gasteiger partial charge in [-0.2, -0.15) is 0 Å². The summed E-state index contributed by atoms with van der Waals surface area (Å²) in [5.41, 5.74) is 1.11. The molecule has 1 heterocycles. The summed E-state index contributed by atoms with van der Waals surface area (Å²) in [5, 5.41) is 11.7. The number of benzene rings is 2. The molecule has 1 saturated heterocycles. The number of thioether (sulfide) groups is 1. The van der Waals surface area contributed by atoms with E-state index in [0.717, 1.165) is 12.1 Å². The van der Waals surface area contributed by atoms with Crippen LogP contribution in [0.15, 0.2) is 58.4 Å². The van der Waals surface area contributed by atoms with Gasteiger partial charge in [-0.25, -0.2) is 4.99 Å². The minimum absolute atomic E-state index is 0.0616. The third kappa shape index (κ3) is 4.37. The molecule has 0 atom stereocenters. The average Bonchev–Trinajstić information content (AvgIpc) is 2.93. The highest BCUT2D eigenvalue weighted by Gasteiger charge is 2.32. The van der Waals surface area contributed by atoms with Crippen molar-refractivity contribution in [2.75, 3.05) is 6.54 Å². The number of amides is 1. The number of nitro benzene ring substituents is 1. The number of rotatable bonds is 5. The van der Waals surface area contributed by atoms with Crippen molar-refractivity contribution in [1.29, 1.82) is 0 Å². The molecule has 2 aromatic rings. The Morgan fingerprint density at radius 2 is 2.00 bits per heavy atom. The van der Waals surface area contributed by atoms with Gasteiger partial charge in [0, 0.05) is 12.6 Å². The molecule has 1 amide bonds. The van der Waals surface area contributed by atoms with Gasteiger partial charge in [0.15, 0.2) is 5.17 Å². The van der Waals surface area contributed by atoms with Gasteiger partial charge in [0.2, 0.25) is 0 Å². The largest absolute Gasteiger partial charge is 0.288 e. The Hall–Kier alpha value is -2.64.